The highest BCUT2D eigenvalue weighted by Gasteiger charge is 2.27. The molecule has 1 aromatic rings. The van der Waals surface area contributed by atoms with E-state index >= 15 is 0 Å². The van der Waals surface area contributed by atoms with Gasteiger partial charge in [-0.2, -0.15) is 5.10 Å². The zero-order valence-electron chi connectivity index (χ0n) is 10.2. The predicted molar refractivity (Wildman–Crippen MR) is 64.0 cm³/mol. The molecule has 0 saturated carbocycles. The molecule has 0 aliphatic heterocycles. The molecule has 0 fully saturated rings. The van der Waals surface area contributed by atoms with E-state index in [0.29, 0.717) is 13.2 Å². The van der Waals surface area contributed by atoms with Crippen molar-refractivity contribution in [2.24, 2.45) is 0 Å². The van der Waals surface area contributed by atoms with Crippen LogP contribution in [0, 0.1) is 0 Å². The van der Waals surface area contributed by atoms with Gasteiger partial charge < -0.3 is 4.74 Å². The third-order valence-electron chi connectivity index (χ3n) is 2.60. The van der Waals surface area contributed by atoms with E-state index in [1.807, 2.05) is 26.8 Å². The molecule has 4 heteroatoms. The van der Waals surface area contributed by atoms with Gasteiger partial charge in [0.05, 0.1) is 6.54 Å². The van der Waals surface area contributed by atoms with E-state index in [4.69, 9.17) is 4.74 Å². The molecule has 0 radical (unpaired) electrons. The summed E-state index contributed by atoms with van der Waals surface area (Å²) in [5.41, 5.74) is 0.760. The van der Waals surface area contributed by atoms with Gasteiger partial charge in [0.15, 0.2) is 0 Å². The maximum atomic E-state index is 5.81. The molecule has 0 bridgehead atoms. The molecule has 0 amide bonds. The molecule has 0 aliphatic carbocycles. The summed E-state index contributed by atoms with van der Waals surface area (Å²) in [6.07, 6.45) is 6.96. The number of aromatic nitrogens is 3. The Morgan fingerprint density at radius 3 is 2.88 bits per heavy atom. The average molecular weight is 221 g/mol. The van der Waals surface area contributed by atoms with E-state index in [0.717, 1.165) is 5.57 Å². The van der Waals surface area contributed by atoms with Crippen molar-refractivity contribution in [2.45, 2.75) is 32.9 Å². The van der Waals surface area contributed by atoms with Crippen molar-refractivity contribution in [1.82, 2.24) is 14.8 Å². The van der Waals surface area contributed by atoms with E-state index in [9.17, 15) is 0 Å². The molecule has 0 saturated heterocycles. The van der Waals surface area contributed by atoms with Crippen molar-refractivity contribution in [1.29, 1.82) is 0 Å². The Hall–Kier alpha value is -1.42. The predicted octanol–water partition coefficient (Wildman–Crippen LogP) is 2.21. The smallest absolute Gasteiger partial charge is 0.137 e. The molecule has 1 heterocycles. The Morgan fingerprint density at radius 1 is 1.62 bits per heavy atom. The largest absolute Gasteiger partial charge is 0.369 e. The first-order valence-corrected chi connectivity index (χ1v) is 5.38. The lowest BCUT2D eigenvalue weighted by molar-refractivity contribution is -0.0106. The molecular formula is C12H19N3O. The fourth-order valence-electron chi connectivity index (χ4n) is 1.58. The van der Waals surface area contributed by atoms with E-state index in [2.05, 4.69) is 16.7 Å². The highest BCUT2D eigenvalue weighted by atomic mass is 16.5. The van der Waals surface area contributed by atoms with Gasteiger partial charge in [-0.05, 0) is 26.3 Å². The fourth-order valence-corrected chi connectivity index (χ4v) is 1.58. The molecule has 88 valence electrons. The average Bonchev–Trinajstić information content (AvgIpc) is 2.71. The fraction of sp³-hybridized carbons (Fsp3) is 0.500. The topological polar surface area (TPSA) is 39.9 Å². The first kappa shape index (κ1) is 12.6. The maximum Gasteiger partial charge on any atom is 0.137 e. The van der Waals surface area contributed by atoms with Crippen molar-refractivity contribution < 1.29 is 4.74 Å². The van der Waals surface area contributed by atoms with Gasteiger partial charge in [-0.1, -0.05) is 18.7 Å². The van der Waals surface area contributed by atoms with Crippen LogP contribution in [0.4, 0.5) is 0 Å². The molecule has 0 N–H and O–H groups in total. The third-order valence-corrected chi connectivity index (χ3v) is 2.60. The van der Waals surface area contributed by atoms with E-state index in [1.165, 1.54) is 6.33 Å². The quantitative estimate of drug-likeness (QED) is 0.691. The number of nitrogens with zero attached hydrogens (tertiary/aromatic N) is 3. The molecule has 0 aromatic carbocycles. The van der Waals surface area contributed by atoms with Gasteiger partial charge in [-0.25, -0.2) is 9.67 Å². The molecular weight excluding hydrogens is 202 g/mol. The van der Waals surface area contributed by atoms with Crippen molar-refractivity contribution in [3.05, 3.63) is 37.0 Å². The number of hydrogen-bond acceptors (Lipinski definition) is 3. The van der Waals surface area contributed by atoms with Gasteiger partial charge in [-0.15, -0.1) is 0 Å². The monoisotopic (exact) mass is 221 g/mol. The highest BCUT2D eigenvalue weighted by molar-refractivity contribution is 5.18. The van der Waals surface area contributed by atoms with Gasteiger partial charge in [0.1, 0.15) is 18.3 Å². The maximum absolute atomic E-state index is 5.81. The number of allylic oxidation sites excluding steroid dienone is 2. The van der Waals surface area contributed by atoms with Crippen molar-refractivity contribution in [3.8, 4) is 0 Å². The van der Waals surface area contributed by atoms with Crippen LogP contribution in [0.1, 0.15) is 20.8 Å². The molecule has 0 spiro atoms. The zero-order valence-corrected chi connectivity index (χ0v) is 10.2. The molecule has 16 heavy (non-hydrogen) atoms. The van der Waals surface area contributed by atoms with E-state index in [1.54, 1.807) is 17.1 Å². The van der Waals surface area contributed by atoms with Crippen molar-refractivity contribution in [3.63, 3.8) is 0 Å². The Labute approximate surface area is 96.6 Å². The second kappa shape index (κ2) is 5.61. The molecule has 1 rings (SSSR count). The van der Waals surface area contributed by atoms with Gasteiger partial charge in [-0.3, -0.25) is 0 Å². The minimum Gasteiger partial charge on any atom is -0.369 e. The van der Waals surface area contributed by atoms with Crippen LogP contribution in [-0.4, -0.2) is 27.0 Å². The summed E-state index contributed by atoms with van der Waals surface area (Å²) < 4.78 is 7.59. The number of ether oxygens (including phenoxy) is 1. The van der Waals surface area contributed by atoms with Crippen LogP contribution in [0.15, 0.2) is 37.0 Å². The van der Waals surface area contributed by atoms with Crippen LogP contribution < -0.4 is 0 Å². The lowest BCUT2D eigenvalue weighted by Crippen LogP contribution is -2.35. The number of hydrogen-bond donors (Lipinski definition) is 0. The van der Waals surface area contributed by atoms with Crippen molar-refractivity contribution >= 4 is 0 Å². The Balaban J connectivity index is 2.87. The van der Waals surface area contributed by atoms with Gasteiger partial charge in [0, 0.05) is 6.61 Å². The standard InChI is InChI=1S/C12H19N3O/c1-5-7-11(3)12(4,16-6-2)8-15-10-13-9-14-15/h5,7,9-10H,1,6,8H2,2-4H3. The molecule has 4 nitrogen and oxygen atoms in total. The second-order valence-corrected chi connectivity index (χ2v) is 3.84. The summed E-state index contributed by atoms with van der Waals surface area (Å²) >= 11 is 0. The van der Waals surface area contributed by atoms with Gasteiger partial charge >= 0.3 is 0 Å². The Kier molecular flexibility index (Phi) is 4.43. The lowest BCUT2D eigenvalue weighted by Gasteiger charge is -2.30. The summed E-state index contributed by atoms with van der Waals surface area (Å²) in [5, 5.41) is 4.10. The molecule has 1 aromatic heterocycles. The third kappa shape index (κ3) is 3.03. The van der Waals surface area contributed by atoms with Crippen molar-refractivity contribution in [2.75, 3.05) is 6.61 Å². The molecule has 0 aliphatic rings. The lowest BCUT2D eigenvalue weighted by atomic mass is 9.96. The Bertz CT molecular complexity index is 356. The van der Waals surface area contributed by atoms with Crippen LogP contribution >= 0.6 is 0 Å². The van der Waals surface area contributed by atoms with Crippen LogP contribution in [0.3, 0.4) is 0 Å². The van der Waals surface area contributed by atoms with Crippen LogP contribution in [-0.2, 0) is 11.3 Å². The van der Waals surface area contributed by atoms with E-state index < -0.39 is 0 Å². The normalized spacial score (nSPS) is 15.8. The van der Waals surface area contributed by atoms with Crippen LogP contribution in [0.5, 0.6) is 0 Å². The summed E-state index contributed by atoms with van der Waals surface area (Å²) in [6.45, 7) is 11.1. The zero-order chi connectivity index (χ0) is 12.0. The van der Waals surface area contributed by atoms with Gasteiger partial charge in [0.25, 0.3) is 0 Å². The number of rotatable bonds is 6. The van der Waals surface area contributed by atoms with Crippen LogP contribution in [0.2, 0.25) is 0 Å². The Morgan fingerprint density at radius 2 is 2.38 bits per heavy atom. The molecule has 1 atom stereocenters. The van der Waals surface area contributed by atoms with Crippen LogP contribution in [0.25, 0.3) is 0 Å². The first-order valence-electron chi connectivity index (χ1n) is 5.38. The first-order chi connectivity index (χ1) is 7.62. The van der Waals surface area contributed by atoms with E-state index in [-0.39, 0.29) is 5.60 Å². The summed E-state index contributed by atoms with van der Waals surface area (Å²) in [4.78, 5) is 3.93. The SMILES string of the molecule is C=CC=C(C)C(C)(Cn1cncn1)OCC. The highest BCUT2D eigenvalue weighted by Crippen LogP contribution is 2.23. The second-order valence-electron chi connectivity index (χ2n) is 3.84. The summed E-state index contributed by atoms with van der Waals surface area (Å²) in [6, 6.07) is 0. The molecule has 1 unspecified atom stereocenters. The summed E-state index contributed by atoms with van der Waals surface area (Å²) in [5.74, 6) is 0. The van der Waals surface area contributed by atoms with Gasteiger partial charge in [0.2, 0.25) is 0 Å². The minimum atomic E-state index is -0.364. The summed E-state index contributed by atoms with van der Waals surface area (Å²) in [7, 11) is 0. The minimum absolute atomic E-state index is 0.364.